The van der Waals surface area contributed by atoms with Crippen LogP contribution in [0.2, 0.25) is 10.0 Å². The molecular formula is C22H17Cl2IN2O3. The summed E-state index contributed by atoms with van der Waals surface area (Å²) in [5.41, 5.74) is 4.71. The lowest BCUT2D eigenvalue weighted by Gasteiger charge is -2.13. The maximum Gasteiger partial charge on any atom is 0.271 e. The Morgan fingerprint density at radius 2 is 1.70 bits per heavy atom. The topological polar surface area (TPSA) is 59.9 Å². The Labute approximate surface area is 198 Å². The van der Waals surface area contributed by atoms with Gasteiger partial charge in [-0.3, -0.25) is 4.79 Å². The highest BCUT2D eigenvalue weighted by Gasteiger charge is 2.12. The number of nitrogens with zero attached hydrogens (tertiary/aromatic N) is 1. The number of ether oxygens (including phenoxy) is 2. The molecule has 0 spiro atoms. The number of carbonyl (C=O) groups excluding carboxylic acids is 1. The van der Waals surface area contributed by atoms with Gasteiger partial charge in [-0.05, 0) is 82.2 Å². The van der Waals surface area contributed by atoms with E-state index in [0.717, 1.165) is 14.7 Å². The van der Waals surface area contributed by atoms with Crippen molar-refractivity contribution >= 4 is 57.9 Å². The van der Waals surface area contributed by atoms with Crippen LogP contribution in [0.5, 0.6) is 11.5 Å². The van der Waals surface area contributed by atoms with Gasteiger partial charge in [-0.1, -0.05) is 35.3 Å². The summed E-state index contributed by atoms with van der Waals surface area (Å²) in [5, 5.41) is 5.26. The third kappa shape index (κ3) is 6.10. The number of benzene rings is 3. The SMILES string of the molecule is COc1cc(/C=N/NC(=O)c2ccc(Cl)cc2)cc(I)c1OCc1ccc(Cl)cc1. The number of hydrazone groups is 1. The fourth-order valence-corrected chi connectivity index (χ4v) is 3.55. The molecule has 0 bridgehead atoms. The van der Waals surface area contributed by atoms with E-state index >= 15 is 0 Å². The van der Waals surface area contributed by atoms with E-state index in [1.54, 1.807) is 43.7 Å². The van der Waals surface area contributed by atoms with E-state index in [1.807, 2.05) is 30.3 Å². The number of halogens is 3. The summed E-state index contributed by atoms with van der Waals surface area (Å²) in [5.74, 6) is 0.879. The standard InChI is InChI=1S/C22H17Cl2IN2O3/c1-29-20-11-15(12-26-27-22(28)16-4-8-18(24)9-5-16)10-19(25)21(20)30-13-14-2-6-17(23)7-3-14/h2-12H,13H2,1H3,(H,27,28)/b26-12+. The summed E-state index contributed by atoms with van der Waals surface area (Å²) in [6, 6.07) is 17.7. The van der Waals surface area contributed by atoms with Gasteiger partial charge in [0, 0.05) is 15.6 Å². The number of hydrogen-bond donors (Lipinski definition) is 1. The summed E-state index contributed by atoms with van der Waals surface area (Å²) < 4.78 is 12.3. The van der Waals surface area contributed by atoms with Crippen LogP contribution in [-0.2, 0) is 6.61 Å². The quantitative estimate of drug-likeness (QED) is 0.223. The second-order valence-electron chi connectivity index (χ2n) is 6.16. The number of methoxy groups -OCH3 is 1. The zero-order chi connectivity index (χ0) is 21.5. The highest BCUT2D eigenvalue weighted by molar-refractivity contribution is 14.1. The summed E-state index contributed by atoms with van der Waals surface area (Å²) in [7, 11) is 1.57. The van der Waals surface area contributed by atoms with Crippen LogP contribution >= 0.6 is 45.8 Å². The van der Waals surface area contributed by atoms with Crippen molar-refractivity contribution in [3.63, 3.8) is 0 Å². The molecule has 30 heavy (non-hydrogen) atoms. The normalized spacial score (nSPS) is 10.8. The smallest absolute Gasteiger partial charge is 0.271 e. The molecule has 3 aromatic carbocycles. The van der Waals surface area contributed by atoms with Crippen LogP contribution in [0.15, 0.2) is 65.8 Å². The largest absolute Gasteiger partial charge is 0.493 e. The molecule has 1 amide bonds. The van der Waals surface area contributed by atoms with Crippen molar-refractivity contribution < 1.29 is 14.3 Å². The lowest BCUT2D eigenvalue weighted by atomic mass is 10.2. The van der Waals surface area contributed by atoms with E-state index in [2.05, 4.69) is 33.1 Å². The van der Waals surface area contributed by atoms with Crippen LogP contribution in [0.3, 0.4) is 0 Å². The average Bonchev–Trinajstić information content (AvgIpc) is 2.74. The zero-order valence-electron chi connectivity index (χ0n) is 15.9. The monoisotopic (exact) mass is 554 g/mol. The molecule has 0 fully saturated rings. The molecule has 1 N–H and O–H groups in total. The summed E-state index contributed by atoms with van der Waals surface area (Å²) in [4.78, 5) is 12.1. The first-order valence-corrected chi connectivity index (χ1v) is 10.6. The van der Waals surface area contributed by atoms with E-state index in [0.29, 0.717) is 33.7 Å². The molecule has 0 aliphatic heterocycles. The first-order valence-electron chi connectivity index (χ1n) is 8.80. The van der Waals surface area contributed by atoms with E-state index in [1.165, 1.54) is 0 Å². The van der Waals surface area contributed by atoms with Gasteiger partial charge in [0.15, 0.2) is 11.5 Å². The maximum atomic E-state index is 12.1. The highest BCUT2D eigenvalue weighted by atomic mass is 127. The number of rotatable bonds is 7. The number of carbonyl (C=O) groups is 1. The lowest BCUT2D eigenvalue weighted by molar-refractivity contribution is 0.0955. The fourth-order valence-electron chi connectivity index (χ4n) is 2.52. The van der Waals surface area contributed by atoms with Crippen molar-refractivity contribution in [1.29, 1.82) is 0 Å². The Bertz CT molecular complexity index is 1060. The van der Waals surface area contributed by atoms with Crippen LogP contribution in [-0.4, -0.2) is 19.2 Å². The molecule has 0 aromatic heterocycles. The van der Waals surface area contributed by atoms with E-state index in [4.69, 9.17) is 32.7 Å². The molecule has 0 saturated carbocycles. The van der Waals surface area contributed by atoms with Crippen molar-refractivity contribution in [2.75, 3.05) is 7.11 Å². The highest BCUT2D eigenvalue weighted by Crippen LogP contribution is 2.34. The Morgan fingerprint density at radius 1 is 1.07 bits per heavy atom. The van der Waals surface area contributed by atoms with Gasteiger partial charge < -0.3 is 9.47 Å². The van der Waals surface area contributed by atoms with Gasteiger partial charge in [0.25, 0.3) is 5.91 Å². The van der Waals surface area contributed by atoms with Gasteiger partial charge in [-0.15, -0.1) is 0 Å². The Morgan fingerprint density at radius 3 is 2.33 bits per heavy atom. The molecule has 0 aliphatic carbocycles. The van der Waals surface area contributed by atoms with E-state index in [9.17, 15) is 4.79 Å². The summed E-state index contributed by atoms with van der Waals surface area (Å²) >= 11 is 13.9. The second kappa shape index (κ2) is 10.7. The third-order valence-corrected chi connectivity index (χ3v) is 5.34. The van der Waals surface area contributed by atoms with Gasteiger partial charge in [0.1, 0.15) is 6.61 Å². The molecule has 0 aliphatic rings. The first kappa shape index (κ1) is 22.4. The molecule has 0 radical (unpaired) electrons. The van der Waals surface area contributed by atoms with Crippen LogP contribution < -0.4 is 14.9 Å². The zero-order valence-corrected chi connectivity index (χ0v) is 19.5. The molecule has 3 aromatic rings. The van der Waals surface area contributed by atoms with Crippen LogP contribution in [0.1, 0.15) is 21.5 Å². The first-order chi connectivity index (χ1) is 14.5. The van der Waals surface area contributed by atoms with Crippen molar-refractivity contribution in [2.45, 2.75) is 6.61 Å². The molecule has 8 heteroatoms. The van der Waals surface area contributed by atoms with Crippen molar-refractivity contribution in [1.82, 2.24) is 5.43 Å². The maximum absolute atomic E-state index is 12.1. The fraction of sp³-hybridized carbons (Fsp3) is 0.0909. The van der Waals surface area contributed by atoms with Crippen LogP contribution in [0.4, 0.5) is 0 Å². The molecule has 3 rings (SSSR count). The van der Waals surface area contributed by atoms with E-state index < -0.39 is 0 Å². The Kier molecular flexibility index (Phi) is 7.95. The molecule has 0 atom stereocenters. The van der Waals surface area contributed by atoms with Crippen molar-refractivity contribution in [3.05, 3.63) is 91.0 Å². The average molecular weight is 555 g/mol. The van der Waals surface area contributed by atoms with E-state index in [-0.39, 0.29) is 5.91 Å². The van der Waals surface area contributed by atoms with Gasteiger partial charge in [0.05, 0.1) is 16.9 Å². The Balaban J connectivity index is 1.68. The Hall–Kier alpha value is -2.29. The molecule has 0 heterocycles. The second-order valence-corrected chi connectivity index (χ2v) is 8.19. The molecule has 5 nitrogen and oxygen atoms in total. The minimum absolute atomic E-state index is 0.326. The third-order valence-electron chi connectivity index (χ3n) is 4.03. The predicted molar refractivity (Wildman–Crippen MR) is 128 cm³/mol. The number of nitrogens with one attached hydrogen (secondary N) is 1. The van der Waals surface area contributed by atoms with Crippen molar-refractivity contribution in [2.24, 2.45) is 5.10 Å². The minimum Gasteiger partial charge on any atom is -0.493 e. The van der Waals surface area contributed by atoms with Gasteiger partial charge in [-0.25, -0.2) is 5.43 Å². The minimum atomic E-state index is -0.326. The van der Waals surface area contributed by atoms with Crippen molar-refractivity contribution in [3.8, 4) is 11.5 Å². The summed E-state index contributed by atoms with van der Waals surface area (Å²) in [6.07, 6.45) is 1.54. The van der Waals surface area contributed by atoms with Gasteiger partial charge in [-0.2, -0.15) is 5.10 Å². The lowest BCUT2D eigenvalue weighted by Crippen LogP contribution is -2.17. The molecule has 154 valence electrons. The predicted octanol–water partition coefficient (Wildman–Crippen LogP) is 5.95. The number of amides is 1. The van der Waals surface area contributed by atoms with Crippen LogP contribution in [0, 0.1) is 3.57 Å². The van der Waals surface area contributed by atoms with Crippen LogP contribution in [0.25, 0.3) is 0 Å². The molecular weight excluding hydrogens is 538 g/mol. The molecule has 0 saturated heterocycles. The number of hydrogen-bond acceptors (Lipinski definition) is 4. The summed E-state index contributed by atoms with van der Waals surface area (Å²) in [6.45, 7) is 0.383. The molecule has 0 unspecified atom stereocenters. The van der Waals surface area contributed by atoms with Gasteiger partial charge in [0.2, 0.25) is 0 Å². The van der Waals surface area contributed by atoms with Gasteiger partial charge >= 0.3 is 0 Å².